The second-order valence-corrected chi connectivity index (χ2v) is 18.5. The first-order chi connectivity index (χ1) is 39.6. The van der Waals surface area contributed by atoms with Crippen LogP contribution in [0, 0.1) is 0 Å². The number of aliphatic carboxylic acids is 2. The van der Waals surface area contributed by atoms with Crippen molar-refractivity contribution in [2.75, 3.05) is 42.7 Å². The van der Waals surface area contributed by atoms with E-state index in [0.29, 0.717) is 6.42 Å². The first-order valence-corrected chi connectivity index (χ1v) is 26.4. The molecule has 0 aromatic carbocycles. The van der Waals surface area contributed by atoms with Gasteiger partial charge < -0.3 is 86.0 Å². The third-order valence-corrected chi connectivity index (χ3v) is 12.1. The average Bonchev–Trinajstić information content (AvgIpc) is 3.45. The van der Waals surface area contributed by atoms with E-state index in [0.717, 1.165) is 42.7 Å². The van der Waals surface area contributed by atoms with Crippen LogP contribution in [0.25, 0.3) is 0 Å². The van der Waals surface area contributed by atoms with Gasteiger partial charge in [-0.2, -0.15) is 0 Å². The number of esters is 6. The fraction of sp³-hybridized carbons (Fsp3) is 0.667. The molecular formula is C51H78N8O25. The Kier molecular flexibility index (Phi) is 36.9. The maximum atomic E-state index is 13.0. The number of methoxy groups -OCH3 is 6. The number of rotatable bonds is 42. The van der Waals surface area contributed by atoms with E-state index >= 15 is 0 Å². The van der Waals surface area contributed by atoms with Crippen molar-refractivity contribution in [3.05, 3.63) is 0 Å². The molecule has 0 aromatic heterocycles. The maximum Gasteiger partial charge on any atom is 0.328 e. The summed E-state index contributed by atoms with van der Waals surface area (Å²) in [6, 6.07) is -11.6. The SMILES string of the molecule is CCCC(=O)NC(CCC(=O)NC(CCC(=O)NC(CCC(=O)NC(CCC(=O)NC(CCC(=O)NC(CCC(=O)NC(CCC(=O)NC(CCC(C)=O)C(=O)OC)C(=O)OC)C(=O)O)C(=O)OC)C(=O)OC)C(=O)O)C(=O)OC)C(=O)OC. The summed E-state index contributed by atoms with van der Waals surface area (Å²) in [5.41, 5.74) is 0. The Morgan fingerprint density at radius 2 is 0.429 bits per heavy atom. The summed E-state index contributed by atoms with van der Waals surface area (Å²) in [6.07, 6.45) is -6.10. The van der Waals surface area contributed by atoms with Gasteiger partial charge in [0.15, 0.2) is 0 Å². The van der Waals surface area contributed by atoms with Crippen molar-refractivity contribution in [2.45, 2.75) is 178 Å². The monoisotopic (exact) mass is 1200 g/mol. The maximum absolute atomic E-state index is 13.0. The predicted molar refractivity (Wildman–Crippen MR) is 282 cm³/mol. The van der Waals surface area contributed by atoms with E-state index in [4.69, 9.17) is 14.2 Å². The highest BCUT2D eigenvalue weighted by Crippen LogP contribution is 2.11. The van der Waals surface area contributed by atoms with Crippen LogP contribution in [0.5, 0.6) is 0 Å². The molecule has 33 heteroatoms. The Hall–Kier alpha value is -8.81. The molecule has 33 nitrogen and oxygen atoms in total. The molecule has 0 aliphatic heterocycles. The van der Waals surface area contributed by atoms with E-state index in [1.54, 1.807) is 6.92 Å². The van der Waals surface area contributed by atoms with Crippen LogP contribution < -0.4 is 42.5 Å². The number of carbonyl (C=O) groups excluding carboxylic acids is 15. The molecule has 0 radical (unpaired) electrons. The molecule has 0 aliphatic rings. The lowest BCUT2D eigenvalue weighted by atomic mass is 10.1. The molecular weight excluding hydrogens is 1120 g/mol. The molecule has 472 valence electrons. The summed E-state index contributed by atoms with van der Waals surface area (Å²) in [4.78, 5) is 212. The molecule has 0 bridgehead atoms. The van der Waals surface area contributed by atoms with Gasteiger partial charge >= 0.3 is 47.8 Å². The van der Waals surface area contributed by atoms with Gasteiger partial charge in [-0.25, -0.2) is 38.4 Å². The van der Waals surface area contributed by atoms with Crippen LogP contribution in [0.1, 0.15) is 129 Å². The number of ketones is 1. The van der Waals surface area contributed by atoms with E-state index in [1.807, 2.05) is 0 Å². The molecule has 10 N–H and O–H groups in total. The van der Waals surface area contributed by atoms with Crippen molar-refractivity contribution < 1.29 is 120 Å². The standard InChI is InChI=1S/C51H78N8O25/c1-9-10-36(61)54-31(47(74)80-4)17-24-42(67)58-32(48(75)81-5)15-22-37(62)52-29(45(71)72)14-21-40(65)57-35(51(78)84-8)19-26-43(68)59-33(49(76)82-6)16-23-38(63)53-28(44(69)70)13-20-39(64)56-34(50(77)83-7)18-25-41(66)55-30(46(73)79-3)12-11-27(2)60/h28-35H,9-26H2,1-8H3,(H,52,62)(H,53,63)(H,54,61)(H,55,66)(H,56,64)(H,57,65)(H,58,67)(H,59,68)(H,69,70)(H,71,72). The molecule has 8 atom stereocenters. The second-order valence-electron chi connectivity index (χ2n) is 18.5. The van der Waals surface area contributed by atoms with Gasteiger partial charge in [0, 0.05) is 57.8 Å². The number of nitrogens with one attached hydrogen (secondary N) is 8. The summed E-state index contributed by atoms with van der Waals surface area (Å²) in [6.45, 7) is 3.03. The molecule has 0 fully saturated rings. The van der Waals surface area contributed by atoms with Gasteiger partial charge in [-0.05, 0) is 64.7 Å². The minimum Gasteiger partial charge on any atom is -0.480 e. The fourth-order valence-corrected chi connectivity index (χ4v) is 7.50. The normalized spacial score (nSPS) is 13.4. The average molecular weight is 1200 g/mol. The summed E-state index contributed by atoms with van der Waals surface area (Å²) < 4.78 is 28.1. The highest BCUT2D eigenvalue weighted by atomic mass is 16.5. The first kappa shape index (κ1) is 75.2. The molecule has 8 unspecified atom stereocenters. The first-order valence-electron chi connectivity index (χ1n) is 26.4. The lowest BCUT2D eigenvalue weighted by Gasteiger charge is -2.20. The number of amides is 8. The largest absolute Gasteiger partial charge is 0.480 e. The molecule has 0 saturated heterocycles. The highest BCUT2D eigenvalue weighted by molar-refractivity contribution is 5.91. The number of carboxylic acids is 2. The zero-order valence-electron chi connectivity index (χ0n) is 48.1. The Balaban J connectivity index is 5.49. The number of ether oxygens (including phenoxy) is 6. The van der Waals surface area contributed by atoms with Crippen molar-refractivity contribution >= 4 is 101 Å². The molecule has 0 aliphatic carbocycles. The molecule has 0 saturated carbocycles. The topological polar surface area (TPSA) is 482 Å². The van der Waals surface area contributed by atoms with Gasteiger partial charge in [0.05, 0.1) is 42.7 Å². The number of carbonyl (C=O) groups is 17. The Bertz CT molecular complexity index is 2350. The summed E-state index contributed by atoms with van der Waals surface area (Å²) in [7, 11) is 6.12. The van der Waals surface area contributed by atoms with Gasteiger partial charge in [-0.3, -0.25) is 38.4 Å². The summed E-state index contributed by atoms with van der Waals surface area (Å²) in [5, 5.41) is 38.1. The zero-order chi connectivity index (χ0) is 64.1. The van der Waals surface area contributed by atoms with Gasteiger partial charge in [0.1, 0.15) is 54.1 Å². The van der Waals surface area contributed by atoms with Crippen LogP contribution >= 0.6 is 0 Å². The predicted octanol–water partition coefficient (Wildman–Crippen LogP) is -3.30. The molecule has 0 heterocycles. The van der Waals surface area contributed by atoms with Crippen LogP contribution in [0.2, 0.25) is 0 Å². The zero-order valence-corrected chi connectivity index (χ0v) is 48.1. The lowest BCUT2D eigenvalue weighted by molar-refractivity contribution is -0.147. The van der Waals surface area contributed by atoms with Gasteiger partial charge in [-0.15, -0.1) is 0 Å². The Labute approximate surface area is 482 Å². The minimum atomic E-state index is -1.69. The van der Waals surface area contributed by atoms with E-state index < -0.39 is 208 Å². The third-order valence-electron chi connectivity index (χ3n) is 12.1. The lowest BCUT2D eigenvalue weighted by Crippen LogP contribution is -2.46. The van der Waals surface area contributed by atoms with Gasteiger partial charge in [0.2, 0.25) is 47.3 Å². The highest BCUT2D eigenvalue weighted by Gasteiger charge is 2.32. The molecule has 0 aromatic rings. The Morgan fingerprint density at radius 1 is 0.274 bits per heavy atom. The quantitative estimate of drug-likeness (QED) is 0.0211. The molecule has 8 amide bonds. The van der Waals surface area contributed by atoms with Crippen molar-refractivity contribution in [1.82, 2.24) is 42.5 Å². The molecule has 0 rings (SSSR count). The second kappa shape index (κ2) is 41.2. The molecule has 84 heavy (non-hydrogen) atoms. The Morgan fingerprint density at radius 3 is 0.583 bits per heavy atom. The molecule has 0 spiro atoms. The van der Waals surface area contributed by atoms with Gasteiger partial charge in [0.25, 0.3) is 0 Å². The number of hydrogen-bond acceptors (Lipinski definition) is 23. The van der Waals surface area contributed by atoms with Crippen molar-refractivity contribution in [1.29, 1.82) is 0 Å². The fourth-order valence-electron chi connectivity index (χ4n) is 7.50. The van der Waals surface area contributed by atoms with Crippen molar-refractivity contribution in [2.24, 2.45) is 0 Å². The van der Waals surface area contributed by atoms with Crippen LogP contribution in [-0.4, -0.2) is 202 Å². The third kappa shape index (κ3) is 31.4. The summed E-state index contributed by atoms with van der Waals surface area (Å²) >= 11 is 0. The number of hydrogen-bond donors (Lipinski definition) is 10. The van der Waals surface area contributed by atoms with E-state index in [2.05, 4.69) is 56.7 Å². The van der Waals surface area contributed by atoms with Gasteiger partial charge in [-0.1, -0.05) is 6.92 Å². The van der Waals surface area contributed by atoms with Crippen LogP contribution in [0.4, 0.5) is 0 Å². The van der Waals surface area contributed by atoms with Crippen LogP contribution in [-0.2, 0) is 110 Å². The number of Topliss-reactive ketones (excluding diaryl/α,β-unsaturated/α-hetero) is 1. The summed E-state index contributed by atoms with van der Waals surface area (Å²) in [5.74, 6) is -15.6. The van der Waals surface area contributed by atoms with E-state index in [-0.39, 0.29) is 50.7 Å². The van der Waals surface area contributed by atoms with Crippen LogP contribution in [0.15, 0.2) is 0 Å². The van der Waals surface area contributed by atoms with E-state index in [1.165, 1.54) is 6.92 Å². The van der Waals surface area contributed by atoms with Crippen LogP contribution in [0.3, 0.4) is 0 Å². The van der Waals surface area contributed by atoms with Crippen molar-refractivity contribution in [3.63, 3.8) is 0 Å². The van der Waals surface area contributed by atoms with Crippen molar-refractivity contribution in [3.8, 4) is 0 Å². The minimum absolute atomic E-state index is 0.0433. The van der Waals surface area contributed by atoms with E-state index in [9.17, 15) is 91.7 Å². The smallest absolute Gasteiger partial charge is 0.328 e. The number of carboxylic acid groups (broad SMARTS) is 2.